The topological polar surface area (TPSA) is 89.3 Å². The van der Waals surface area contributed by atoms with Crippen LogP contribution in [0.5, 0.6) is 0 Å². The van der Waals surface area contributed by atoms with E-state index in [4.69, 9.17) is 10.5 Å². The van der Waals surface area contributed by atoms with Gasteiger partial charge in [-0.3, -0.25) is 5.32 Å². The van der Waals surface area contributed by atoms with Gasteiger partial charge in [-0.2, -0.15) is 0 Å². The number of carbonyl (C=O) groups excluding carboxylic acids is 1. The van der Waals surface area contributed by atoms with Crippen molar-refractivity contribution in [3.8, 4) is 0 Å². The molecule has 6 nitrogen and oxygen atoms in total. The first-order valence-corrected chi connectivity index (χ1v) is 6.81. The zero-order valence-electron chi connectivity index (χ0n) is 12.6. The van der Waals surface area contributed by atoms with Crippen LogP contribution in [0.4, 0.5) is 22.0 Å². The summed E-state index contributed by atoms with van der Waals surface area (Å²) in [6.07, 6.45) is 3.14. The van der Waals surface area contributed by atoms with E-state index in [-0.39, 0.29) is 0 Å². The highest BCUT2D eigenvalue weighted by atomic mass is 16.6. The molecule has 1 rings (SSSR count). The number of anilines is 3. The number of aromatic nitrogens is 1. The van der Waals surface area contributed by atoms with E-state index in [0.717, 1.165) is 19.4 Å². The van der Waals surface area contributed by atoms with Crippen LogP contribution in [-0.4, -0.2) is 23.2 Å². The molecule has 6 heteroatoms. The molecule has 4 N–H and O–H groups in total. The normalized spacial score (nSPS) is 11.0. The van der Waals surface area contributed by atoms with Crippen molar-refractivity contribution >= 4 is 23.3 Å². The average Bonchev–Trinajstić information content (AvgIpc) is 2.31. The highest BCUT2D eigenvalue weighted by Crippen LogP contribution is 2.21. The Balaban J connectivity index is 2.68. The summed E-state index contributed by atoms with van der Waals surface area (Å²) in [5.74, 6) is 0.679. The fraction of sp³-hybridized carbons (Fsp3) is 0.571. The standard InChI is InChI=1S/C14H24N4O2/c1-5-6-7-16-12-8-11(10(15)9-17-12)18-13(19)20-14(2,3)4/h8-9H,5-7,15H2,1-4H3,(H2,16,17,18,19). The van der Waals surface area contributed by atoms with Crippen molar-refractivity contribution in [2.45, 2.75) is 46.1 Å². The fourth-order valence-electron chi connectivity index (χ4n) is 1.48. The number of unbranched alkanes of at least 4 members (excludes halogenated alkanes) is 1. The molecule has 1 heterocycles. The molecule has 20 heavy (non-hydrogen) atoms. The van der Waals surface area contributed by atoms with Crippen LogP contribution in [0.25, 0.3) is 0 Å². The Bertz CT molecular complexity index is 455. The number of ether oxygens (including phenoxy) is 1. The van der Waals surface area contributed by atoms with E-state index >= 15 is 0 Å². The van der Waals surface area contributed by atoms with Crippen molar-refractivity contribution in [2.75, 3.05) is 22.9 Å². The lowest BCUT2D eigenvalue weighted by molar-refractivity contribution is 0.0636. The number of amides is 1. The molecular formula is C14H24N4O2. The van der Waals surface area contributed by atoms with Crippen LogP contribution in [0.1, 0.15) is 40.5 Å². The number of rotatable bonds is 5. The van der Waals surface area contributed by atoms with Gasteiger partial charge < -0.3 is 15.8 Å². The van der Waals surface area contributed by atoms with E-state index in [1.165, 1.54) is 6.20 Å². The minimum Gasteiger partial charge on any atom is -0.444 e. The van der Waals surface area contributed by atoms with Crippen molar-refractivity contribution < 1.29 is 9.53 Å². The van der Waals surface area contributed by atoms with E-state index in [1.54, 1.807) is 26.8 Å². The summed E-state index contributed by atoms with van der Waals surface area (Å²) >= 11 is 0. The van der Waals surface area contributed by atoms with Crippen LogP contribution in [0, 0.1) is 0 Å². The zero-order chi connectivity index (χ0) is 15.2. The first-order chi connectivity index (χ1) is 9.31. The second-order valence-electron chi connectivity index (χ2n) is 5.56. The summed E-state index contributed by atoms with van der Waals surface area (Å²) in [6.45, 7) is 8.37. The van der Waals surface area contributed by atoms with Crippen molar-refractivity contribution in [1.82, 2.24) is 4.98 Å². The lowest BCUT2D eigenvalue weighted by atomic mass is 10.2. The van der Waals surface area contributed by atoms with Gasteiger partial charge in [0.15, 0.2) is 0 Å². The molecule has 0 spiro atoms. The Kier molecular flexibility index (Phi) is 5.61. The molecule has 0 saturated carbocycles. The maximum absolute atomic E-state index is 11.7. The number of carbonyl (C=O) groups is 1. The van der Waals surface area contributed by atoms with Crippen LogP contribution in [0.2, 0.25) is 0 Å². The summed E-state index contributed by atoms with van der Waals surface area (Å²) < 4.78 is 5.19. The van der Waals surface area contributed by atoms with Gasteiger partial charge in [0.2, 0.25) is 0 Å². The second kappa shape index (κ2) is 6.98. The Labute approximate surface area is 120 Å². The van der Waals surface area contributed by atoms with Gasteiger partial charge >= 0.3 is 6.09 Å². The van der Waals surface area contributed by atoms with Crippen LogP contribution in [-0.2, 0) is 4.74 Å². The number of nitrogen functional groups attached to an aromatic ring is 1. The van der Waals surface area contributed by atoms with E-state index in [9.17, 15) is 4.79 Å². The number of hydrogen-bond donors (Lipinski definition) is 3. The number of hydrogen-bond acceptors (Lipinski definition) is 5. The summed E-state index contributed by atoms with van der Waals surface area (Å²) in [7, 11) is 0. The van der Waals surface area contributed by atoms with Crippen molar-refractivity contribution in [3.63, 3.8) is 0 Å². The molecule has 0 bridgehead atoms. The third-order valence-electron chi connectivity index (χ3n) is 2.41. The lowest BCUT2D eigenvalue weighted by Gasteiger charge is -2.20. The van der Waals surface area contributed by atoms with E-state index in [0.29, 0.717) is 17.2 Å². The molecule has 0 saturated heterocycles. The fourth-order valence-corrected chi connectivity index (χ4v) is 1.48. The van der Waals surface area contributed by atoms with E-state index in [2.05, 4.69) is 22.5 Å². The lowest BCUT2D eigenvalue weighted by Crippen LogP contribution is -2.27. The Morgan fingerprint density at radius 3 is 2.75 bits per heavy atom. The van der Waals surface area contributed by atoms with Crippen LogP contribution in [0.3, 0.4) is 0 Å². The first-order valence-electron chi connectivity index (χ1n) is 6.81. The number of nitrogens with zero attached hydrogens (tertiary/aromatic N) is 1. The van der Waals surface area contributed by atoms with Crippen molar-refractivity contribution in [1.29, 1.82) is 0 Å². The molecule has 1 amide bonds. The molecule has 112 valence electrons. The van der Waals surface area contributed by atoms with Gasteiger partial charge in [-0.1, -0.05) is 13.3 Å². The zero-order valence-corrected chi connectivity index (χ0v) is 12.6. The largest absolute Gasteiger partial charge is 0.444 e. The maximum Gasteiger partial charge on any atom is 0.412 e. The third kappa shape index (κ3) is 5.77. The Hall–Kier alpha value is -1.98. The summed E-state index contributed by atoms with van der Waals surface area (Å²) in [5, 5.41) is 5.81. The minimum absolute atomic E-state index is 0.400. The maximum atomic E-state index is 11.7. The predicted octanol–water partition coefficient (Wildman–Crippen LogP) is 3.22. The molecule has 0 fully saturated rings. The number of pyridine rings is 1. The Morgan fingerprint density at radius 1 is 1.45 bits per heavy atom. The quantitative estimate of drug-likeness (QED) is 0.720. The molecule has 0 aliphatic carbocycles. The van der Waals surface area contributed by atoms with Crippen LogP contribution < -0.4 is 16.4 Å². The van der Waals surface area contributed by atoms with Gasteiger partial charge in [0.1, 0.15) is 11.4 Å². The van der Waals surface area contributed by atoms with Gasteiger partial charge in [0.05, 0.1) is 17.6 Å². The predicted molar refractivity (Wildman–Crippen MR) is 81.9 cm³/mol. The monoisotopic (exact) mass is 280 g/mol. The van der Waals surface area contributed by atoms with Gasteiger partial charge in [-0.15, -0.1) is 0 Å². The van der Waals surface area contributed by atoms with Crippen LogP contribution >= 0.6 is 0 Å². The van der Waals surface area contributed by atoms with Crippen LogP contribution in [0.15, 0.2) is 12.3 Å². The second-order valence-corrected chi connectivity index (χ2v) is 5.56. The molecule has 0 aliphatic rings. The molecular weight excluding hydrogens is 256 g/mol. The summed E-state index contributed by atoms with van der Waals surface area (Å²) in [6, 6.07) is 1.70. The van der Waals surface area contributed by atoms with E-state index < -0.39 is 11.7 Å². The molecule has 1 aromatic rings. The smallest absolute Gasteiger partial charge is 0.412 e. The highest BCUT2D eigenvalue weighted by Gasteiger charge is 2.17. The first kappa shape index (κ1) is 16.1. The van der Waals surface area contributed by atoms with Crippen molar-refractivity contribution in [3.05, 3.63) is 12.3 Å². The highest BCUT2D eigenvalue weighted by molar-refractivity contribution is 5.89. The Morgan fingerprint density at radius 2 is 2.15 bits per heavy atom. The molecule has 0 aromatic carbocycles. The van der Waals surface area contributed by atoms with Gasteiger partial charge in [0.25, 0.3) is 0 Å². The average molecular weight is 280 g/mol. The van der Waals surface area contributed by atoms with E-state index in [1.807, 2.05) is 0 Å². The molecule has 0 atom stereocenters. The van der Waals surface area contributed by atoms with Gasteiger partial charge in [-0.05, 0) is 27.2 Å². The number of nitrogens with two attached hydrogens (primary N) is 1. The van der Waals surface area contributed by atoms with Gasteiger partial charge in [0, 0.05) is 12.6 Å². The molecule has 0 radical (unpaired) electrons. The summed E-state index contributed by atoms with van der Waals surface area (Å²) in [4.78, 5) is 15.9. The molecule has 0 unspecified atom stereocenters. The van der Waals surface area contributed by atoms with Crippen molar-refractivity contribution in [2.24, 2.45) is 0 Å². The molecule has 1 aromatic heterocycles. The number of nitrogens with one attached hydrogen (secondary N) is 2. The van der Waals surface area contributed by atoms with Gasteiger partial charge in [-0.25, -0.2) is 9.78 Å². The summed E-state index contributed by atoms with van der Waals surface area (Å²) in [5.41, 5.74) is 6.14. The SMILES string of the molecule is CCCCNc1cc(NC(=O)OC(C)(C)C)c(N)cn1. The third-order valence-corrected chi connectivity index (χ3v) is 2.41. The minimum atomic E-state index is -0.548. The molecule has 0 aliphatic heterocycles.